The molecule has 1 heterocycles. The van der Waals surface area contributed by atoms with Crippen LogP contribution in [0.2, 0.25) is 0 Å². The van der Waals surface area contributed by atoms with E-state index in [0.717, 1.165) is 16.3 Å². The summed E-state index contributed by atoms with van der Waals surface area (Å²) < 4.78 is 9.77. The van der Waals surface area contributed by atoms with Crippen molar-refractivity contribution in [2.75, 3.05) is 19.5 Å². The summed E-state index contributed by atoms with van der Waals surface area (Å²) in [6.07, 6.45) is 0. The fourth-order valence-electron chi connectivity index (χ4n) is 1.70. The van der Waals surface area contributed by atoms with Gasteiger partial charge < -0.3 is 20.1 Å². The lowest BCUT2D eigenvalue weighted by Gasteiger charge is -2.09. The van der Waals surface area contributed by atoms with Gasteiger partial charge in [0.25, 0.3) is 0 Å². The first-order chi connectivity index (χ1) is 10.6. The van der Waals surface area contributed by atoms with Gasteiger partial charge in [-0.2, -0.15) is 0 Å². The van der Waals surface area contributed by atoms with E-state index in [1.807, 2.05) is 24.3 Å². The summed E-state index contributed by atoms with van der Waals surface area (Å²) in [5.74, 6) is 0.466. The molecule has 1 aromatic heterocycles. The van der Waals surface area contributed by atoms with Crippen LogP contribution in [0, 0.1) is 0 Å². The van der Waals surface area contributed by atoms with E-state index in [9.17, 15) is 4.79 Å². The van der Waals surface area contributed by atoms with Gasteiger partial charge in [0.05, 0.1) is 19.2 Å². The van der Waals surface area contributed by atoms with E-state index >= 15 is 0 Å². The van der Waals surface area contributed by atoms with Gasteiger partial charge in [-0.05, 0) is 42.0 Å². The van der Waals surface area contributed by atoms with Crippen molar-refractivity contribution in [1.29, 1.82) is 0 Å². The second kappa shape index (κ2) is 7.77. The van der Waals surface area contributed by atoms with Crippen molar-refractivity contribution >= 4 is 39.6 Å². The first-order valence-corrected chi connectivity index (χ1v) is 7.71. The lowest BCUT2D eigenvalue weighted by molar-refractivity contribution is 0.0606. The van der Waals surface area contributed by atoms with Crippen molar-refractivity contribution in [3.8, 4) is 5.75 Å². The summed E-state index contributed by atoms with van der Waals surface area (Å²) in [5.41, 5.74) is 1.09. The maximum atomic E-state index is 11.4. The molecule has 0 aliphatic rings. The molecule has 0 bridgehead atoms. The fourth-order valence-corrected chi connectivity index (χ4v) is 2.77. The van der Waals surface area contributed by atoms with Gasteiger partial charge in [0.15, 0.2) is 5.11 Å². The van der Waals surface area contributed by atoms with Gasteiger partial charge in [0, 0.05) is 6.54 Å². The predicted octanol–water partition coefficient (Wildman–Crippen LogP) is 3.03. The molecule has 5 nitrogen and oxygen atoms in total. The second-order valence-electron chi connectivity index (χ2n) is 4.31. The van der Waals surface area contributed by atoms with Crippen LogP contribution in [0.1, 0.15) is 15.2 Å². The zero-order valence-corrected chi connectivity index (χ0v) is 13.8. The van der Waals surface area contributed by atoms with E-state index in [1.54, 1.807) is 19.2 Å². The molecule has 0 aliphatic heterocycles. The van der Waals surface area contributed by atoms with E-state index in [0.29, 0.717) is 16.5 Å². The Morgan fingerprint density at radius 1 is 1.18 bits per heavy atom. The van der Waals surface area contributed by atoms with Gasteiger partial charge in [-0.15, -0.1) is 11.3 Å². The minimum absolute atomic E-state index is 0.352. The van der Waals surface area contributed by atoms with Crippen LogP contribution in [0.3, 0.4) is 0 Å². The largest absolute Gasteiger partial charge is 0.497 e. The van der Waals surface area contributed by atoms with Crippen molar-refractivity contribution in [2.24, 2.45) is 0 Å². The van der Waals surface area contributed by atoms with E-state index in [2.05, 4.69) is 15.4 Å². The molecule has 2 rings (SSSR count). The monoisotopic (exact) mass is 336 g/mol. The highest BCUT2D eigenvalue weighted by molar-refractivity contribution is 7.80. The summed E-state index contributed by atoms with van der Waals surface area (Å²) in [6, 6.07) is 11.2. The Morgan fingerprint density at radius 2 is 1.91 bits per heavy atom. The molecule has 0 atom stereocenters. The number of rotatable bonds is 5. The van der Waals surface area contributed by atoms with E-state index in [1.165, 1.54) is 18.4 Å². The number of benzene rings is 1. The molecule has 0 aliphatic carbocycles. The van der Waals surface area contributed by atoms with Gasteiger partial charge in [0.1, 0.15) is 10.6 Å². The van der Waals surface area contributed by atoms with Crippen LogP contribution in [-0.4, -0.2) is 25.3 Å². The third-order valence-corrected chi connectivity index (χ3v) is 4.07. The molecule has 0 unspecified atom stereocenters. The number of carbonyl (C=O) groups is 1. The van der Waals surface area contributed by atoms with Gasteiger partial charge in [-0.3, -0.25) is 0 Å². The summed E-state index contributed by atoms with van der Waals surface area (Å²) in [4.78, 5) is 11.9. The summed E-state index contributed by atoms with van der Waals surface area (Å²) in [6.45, 7) is 0.602. The Bertz CT molecular complexity index is 653. The minimum atomic E-state index is -0.352. The highest BCUT2D eigenvalue weighted by Crippen LogP contribution is 2.22. The van der Waals surface area contributed by atoms with Crippen molar-refractivity contribution < 1.29 is 14.3 Å². The number of methoxy groups -OCH3 is 2. The van der Waals surface area contributed by atoms with Crippen LogP contribution < -0.4 is 15.4 Å². The van der Waals surface area contributed by atoms with Crippen molar-refractivity contribution in [3.05, 3.63) is 46.8 Å². The maximum absolute atomic E-state index is 11.4. The molecule has 0 saturated heterocycles. The fraction of sp³-hybridized carbons (Fsp3) is 0.200. The summed E-state index contributed by atoms with van der Waals surface area (Å²) >= 11 is 6.52. The van der Waals surface area contributed by atoms with Crippen molar-refractivity contribution in [3.63, 3.8) is 0 Å². The molecule has 0 amide bonds. The van der Waals surface area contributed by atoms with E-state index < -0.39 is 0 Å². The Hall–Kier alpha value is -2.12. The molecule has 0 saturated carbocycles. The van der Waals surface area contributed by atoms with Crippen LogP contribution in [0.4, 0.5) is 5.00 Å². The third kappa shape index (κ3) is 4.44. The number of thiophene rings is 1. The normalized spacial score (nSPS) is 9.91. The highest BCUT2D eigenvalue weighted by atomic mass is 32.1. The molecule has 0 radical (unpaired) electrons. The Labute approximate surface area is 138 Å². The SMILES string of the molecule is COC(=O)c1ccc(NC(=S)NCc2ccc(OC)cc2)s1. The molecule has 116 valence electrons. The summed E-state index contributed by atoms with van der Waals surface area (Å²) in [5, 5.41) is 7.43. The zero-order valence-electron chi connectivity index (χ0n) is 12.2. The molecule has 0 fully saturated rings. The first-order valence-electron chi connectivity index (χ1n) is 6.48. The Morgan fingerprint density at radius 3 is 2.55 bits per heavy atom. The molecule has 7 heteroatoms. The third-order valence-electron chi connectivity index (χ3n) is 2.84. The Balaban J connectivity index is 1.84. The van der Waals surface area contributed by atoms with Gasteiger partial charge >= 0.3 is 5.97 Å². The minimum Gasteiger partial charge on any atom is -0.497 e. The number of nitrogens with one attached hydrogen (secondary N) is 2. The van der Waals surface area contributed by atoms with Crippen LogP contribution in [0.15, 0.2) is 36.4 Å². The van der Waals surface area contributed by atoms with Gasteiger partial charge in [-0.1, -0.05) is 12.1 Å². The topological polar surface area (TPSA) is 59.6 Å². The van der Waals surface area contributed by atoms with Crippen LogP contribution in [0.5, 0.6) is 5.75 Å². The maximum Gasteiger partial charge on any atom is 0.348 e. The first kappa shape index (κ1) is 16.3. The number of hydrogen-bond donors (Lipinski definition) is 2. The predicted molar refractivity (Wildman–Crippen MR) is 91.7 cm³/mol. The molecular formula is C15H16N2O3S2. The smallest absolute Gasteiger partial charge is 0.348 e. The highest BCUT2D eigenvalue weighted by Gasteiger charge is 2.09. The number of anilines is 1. The van der Waals surface area contributed by atoms with Crippen molar-refractivity contribution in [2.45, 2.75) is 6.54 Å². The number of esters is 1. The molecule has 1 aromatic carbocycles. The standard InChI is InChI=1S/C15H16N2O3S2/c1-19-11-5-3-10(4-6-11)9-16-15(21)17-13-8-7-12(22-13)14(18)20-2/h3-8H,9H2,1-2H3,(H2,16,17,21). The quantitative estimate of drug-likeness (QED) is 0.646. The average Bonchev–Trinajstić information content (AvgIpc) is 3.01. The lowest BCUT2D eigenvalue weighted by Crippen LogP contribution is -2.27. The molecule has 2 aromatic rings. The lowest BCUT2D eigenvalue weighted by atomic mass is 10.2. The van der Waals surface area contributed by atoms with Gasteiger partial charge in [-0.25, -0.2) is 4.79 Å². The molecule has 2 N–H and O–H groups in total. The second-order valence-corrected chi connectivity index (χ2v) is 5.80. The van der Waals surface area contributed by atoms with Crippen LogP contribution >= 0.6 is 23.6 Å². The van der Waals surface area contributed by atoms with E-state index in [4.69, 9.17) is 17.0 Å². The molecule has 22 heavy (non-hydrogen) atoms. The van der Waals surface area contributed by atoms with Crippen molar-refractivity contribution in [1.82, 2.24) is 5.32 Å². The number of hydrogen-bond acceptors (Lipinski definition) is 5. The zero-order chi connectivity index (χ0) is 15.9. The van der Waals surface area contributed by atoms with Gasteiger partial charge in [0.2, 0.25) is 0 Å². The number of carbonyl (C=O) groups excluding carboxylic acids is 1. The molecular weight excluding hydrogens is 320 g/mol. The summed E-state index contributed by atoms with van der Waals surface area (Å²) in [7, 11) is 2.99. The number of ether oxygens (including phenoxy) is 2. The van der Waals surface area contributed by atoms with E-state index in [-0.39, 0.29) is 5.97 Å². The number of thiocarbonyl (C=S) groups is 1. The van der Waals surface area contributed by atoms with Crippen LogP contribution in [-0.2, 0) is 11.3 Å². The molecule has 0 spiro atoms. The Kier molecular flexibility index (Phi) is 5.74. The average molecular weight is 336 g/mol. The van der Waals surface area contributed by atoms with Crippen LogP contribution in [0.25, 0.3) is 0 Å².